The van der Waals surface area contributed by atoms with Gasteiger partial charge in [0.15, 0.2) is 0 Å². The van der Waals surface area contributed by atoms with Crippen LogP contribution in [0.5, 0.6) is 0 Å². The minimum atomic E-state index is -0.909. The fourth-order valence-electron chi connectivity index (χ4n) is 3.61. The lowest BCUT2D eigenvalue weighted by Gasteiger charge is -2.32. The number of methoxy groups -OCH3 is 2. The number of halogens is 2. The number of carbonyl (C=O) groups excluding carboxylic acids is 3. The number of nitrogens with zero attached hydrogens (tertiary/aromatic N) is 1. The fourth-order valence-corrected chi connectivity index (χ4v) is 4.04. The van der Waals surface area contributed by atoms with E-state index in [4.69, 9.17) is 37.4 Å². The molecule has 0 aliphatic carbocycles. The smallest absolute Gasteiger partial charge is 0.336 e. The highest BCUT2D eigenvalue weighted by Gasteiger charge is 2.44. The van der Waals surface area contributed by atoms with Crippen molar-refractivity contribution in [3.8, 4) is 0 Å². The molecule has 0 saturated heterocycles. The van der Waals surface area contributed by atoms with Crippen molar-refractivity contribution in [2.75, 3.05) is 34.0 Å². The molecule has 0 spiro atoms. The monoisotopic (exact) mass is 499 g/mol. The van der Waals surface area contributed by atoms with Crippen LogP contribution in [-0.4, -0.2) is 57.7 Å². The summed E-state index contributed by atoms with van der Waals surface area (Å²) >= 11 is 12.7. The van der Waals surface area contributed by atoms with E-state index in [2.05, 4.69) is 9.73 Å². The number of carbonyl (C=O) groups is 3. The first kappa shape index (κ1) is 26.8. The van der Waals surface area contributed by atoms with Gasteiger partial charge >= 0.3 is 17.9 Å². The standard InChI is InChI=1S/C23H27Cl2NO7/c1-5-33-23(29)20-16(12-32-11-7-10-17(27)30-3)26-13(2)18(22(28)31-4)19(20)14-8-6-9-15(24)21(14)25/h6,8-9,18-19H,5,7,10-12H2,1-4H3. The van der Waals surface area contributed by atoms with Crippen LogP contribution in [0.15, 0.2) is 34.5 Å². The minimum Gasteiger partial charge on any atom is -0.469 e. The van der Waals surface area contributed by atoms with Crippen LogP contribution in [0.3, 0.4) is 0 Å². The van der Waals surface area contributed by atoms with Crippen LogP contribution < -0.4 is 0 Å². The second kappa shape index (κ2) is 12.7. The van der Waals surface area contributed by atoms with Gasteiger partial charge in [-0.1, -0.05) is 35.3 Å². The first-order valence-corrected chi connectivity index (χ1v) is 11.1. The van der Waals surface area contributed by atoms with Gasteiger partial charge in [0.1, 0.15) is 5.92 Å². The fraction of sp³-hybridized carbons (Fsp3) is 0.478. The van der Waals surface area contributed by atoms with Crippen LogP contribution in [-0.2, 0) is 33.3 Å². The van der Waals surface area contributed by atoms with Crippen molar-refractivity contribution >= 4 is 46.8 Å². The van der Waals surface area contributed by atoms with E-state index < -0.39 is 23.8 Å². The van der Waals surface area contributed by atoms with Crippen molar-refractivity contribution in [2.24, 2.45) is 10.9 Å². The van der Waals surface area contributed by atoms with Crippen molar-refractivity contribution in [3.05, 3.63) is 45.1 Å². The Balaban J connectivity index is 2.52. The van der Waals surface area contributed by atoms with Crippen LogP contribution in [0.25, 0.3) is 0 Å². The average molecular weight is 500 g/mol. The summed E-state index contributed by atoms with van der Waals surface area (Å²) in [5, 5.41) is 0.495. The van der Waals surface area contributed by atoms with Gasteiger partial charge in [0.2, 0.25) is 0 Å². The molecular weight excluding hydrogens is 473 g/mol. The molecule has 8 nitrogen and oxygen atoms in total. The Bertz CT molecular complexity index is 958. The summed E-state index contributed by atoms with van der Waals surface area (Å²) in [7, 11) is 2.58. The molecule has 0 N–H and O–H groups in total. The first-order chi connectivity index (χ1) is 15.8. The van der Waals surface area contributed by atoms with E-state index in [9.17, 15) is 14.4 Å². The summed E-state index contributed by atoms with van der Waals surface area (Å²) < 4.78 is 20.6. The summed E-state index contributed by atoms with van der Waals surface area (Å²) in [6, 6.07) is 5.00. The Morgan fingerprint density at radius 3 is 2.48 bits per heavy atom. The molecule has 10 heteroatoms. The molecule has 0 saturated carbocycles. The molecule has 2 rings (SSSR count). The molecule has 0 fully saturated rings. The van der Waals surface area contributed by atoms with Gasteiger partial charge in [-0.3, -0.25) is 14.6 Å². The molecular formula is C23H27Cl2NO7. The van der Waals surface area contributed by atoms with Crippen LogP contribution in [0.2, 0.25) is 10.0 Å². The molecule has 180 valence electrons. The highest BCUT2D eigenvalue weighted by Crippen LogP contribution is 2.44. The Labute approximate surface area is 202 Å². The maximum atomic E-state index is 13.1. The SMILES string of the molecule is CCOC(=O)C1=C(COCCCC(=O)OC)N=C(C)C(C(=O)OC)C1c1cccc(Cl)c1Cl. The molecule has 0 bridgehead atoms. The minimum absolute atomic E-state index is 0.0325. The van der Waals surface area contributed by atoms with Gasteiger partial charge in [0.25, 0.3) is 0 Å². The summed E-state index contributed by atoms with van der Waals surface area (Å²) in [5.74, 6) is -3.30. The number of esters is 3. The largest absolute Gasteiger partial charge is 0.469 e. The van der Waals surface area contributed by atoms with Crippen molar-refractivity contribution in [3.63, 3.8) is 0 Å². The van der Waals surface area contributed by atoms with Gasteiger partial charge in [-0.05, 0) is 31.9 Å². The van der Waals surface area contributed by atoms with E-state index in [0.29, 0.717) is 23.4 Å². The molecule has 33 heavy (non-hydrogen) atoms. The Morgan fingerprint density at radius 1 is 1.12 bits per heavy atom. The summed E-state index contributed by atoms with van der Waals surface area (Å²) in [6.45, 7) is 3.68. The number of hydrogen-bond acceptors (Lipinski definition) is 8. The van der Waals surface area contributed by atoms with Crippen LogP contribution in [0, 0.1) is 5.92 Å². The van der Waals surface area contributed by atoms with E-state index in [1.165, 1.54) is 14.2 Å². The zero-order chi connectivity index (χ0) is 24.5. The molecule has 2 atom stereocenters. The molecule has 2 unspecified atom stereocenters. The van der Waals surface area contributed by atoms with Gasteiger partial charge in [-0.15, -0.1) is 0 Å². The van der Waals surface area contributed by atoms with Gasteiger partial charge in [-0.2, -0.15) is 0 Å². The molecule has 0 aromatic heterocycles. The highest BCUT2D eigenvalue weighted by molar-refractivity contribution is 6.42. The highest BCUT2D eigenvalue weighted by atomic mass is 35.5. The third-order valence-electron chi connectivity index (χ3n) is 5.12. The van der Waals surface area contributed by atoms with Crippen molar-refractivity contribution in [2.45, 2.75) is 32.6 Å². The number of ether oxygens (including phenoxy) is 4. The van der Waals surface area contributed by atoms with Crippen molar-refractivity contribution < 1.29 is 33.3 Å². The maximum absolute atomic E-state index is 13.1. The first-order valence-electron chi connectivity index (χ1n) is 10.4. The van der Waals surface area contributed by atoms with Crippen LogP contribution >= 0.6 is 23.2 Å². The van der Waals surface area contributed by atoms with Gasteiger partial charge in [0.05, 0.1) is 48.7 Å². The molecule has 0 radical (unpaired) electrons. The maximum Gasteiger partial charge on any atom is 0.336 e. The lowest BCUT2D eigenvalue weighted by atomic mass is 9.75. The Kier molecular flexibility index (Phi) is 10.3. The predicted octanol–water partition coefficient (Wildman–Crippen LogP) is 4.13. The molecule has 1 aliphatic heterocycles. The number of aliphatic imine (C=N–C) groups is 1. The lowest BCUT2D eigenvalue weighted by Crippen LogP contribution is -2.37. The van der Waals surface area contributed by atoms with Crippen molar-refractivity contribution in [1.29, 1.82) is 0 Å². The number of benzene rings is 1. The topological polar surface area (TPSA) is 100 Å². The van der Waals surface area contributed by atoms with E-state index in [-0.39, 0.29) is 47.8 Å². The number of hydrogen-bond donors (Lipinski definition) is 0. The normalized spacial score (nSPS) is 17.9. The van der Waals surface area contributed by atoms with Gasteiger partial charge in [-0.25, -0.2) is 4.79 Å². The molecule has 1 aliphatic rings. The van der Waals surface area contributed by atoms with Crippen LogP contribution in [0.1, 0.15) is 38.2 Å². The zero-order valence-electron chi connectivity index (χ0n) is 19.0. The third-order valence-corrected chi connectivity index (χ3v) is 5.95. The van der Waals surface area contributed by atoms with Crippen LogP contribution in [0.4, 0.5) is 0 Å². The van der Waals surface area contributed by atoms with Gasteiger partial charge < -0.3 is 18.9 Å². The summed E-state index contributed by atoms with van der Waals surface area (Å²) in [4.78, 5) is 41.6. The summed E-state index contributed by atoms with van der Waals surface area (Å²) in [5.41, 5.74) is 1.37. The Morgan fingerprint density at radius 2 is 1.85 bits per heavy atom. The van der Waals surface area contributed by atoms with Gasteiger partial charge in [0, 0.05) is 24.7 Å². The zero-order valence-corrected chi connectivity index (χ0v) is 20.5. The second-order valence-electron chi connectivity index (χ2n) is 7.19. The van der Waals surface area contributed by atoms with Crippen molar-refractivity contribution in [1.82, 2.24) is 0 Å². The molecule has 1 aromatic rings. The molecule has 1 heterocycles. The third kappa shape index (κ3) is 6.56. The van der Waals surface area contributed by atoms with E-state index in [0.717, 1.165) is 0 Å². The predicted molar refractivity (Wildman–Crippen MR) is 124 cm³/mol. The second-order valence-corrected chi connectivity index (χ2v) is 7.97. The number of rotatable bonds is 10. The molecule has 0 amide bonds. The average Bonchev–Trinajstić information content (AvgIpc) is 2.79. The lowest BCUT2D eigenvalue weighted by molar-refractivity contribution is -0.144. The molecule has 1 aromatic carbocycles. The van der Waals surface area contributed by atoms with E-state index >= 15 is 0 Å². The quantitative estimate of drug-likeness (QED) is 0.271. The van der Waals surface area contributed by atoms with E-state index in [1.807, 2.05) is 0 Å². The summed E-state index contributed by atoms with van der Waals surface area (Å²) in [6.07, 6.45) is 0.638. The van der Waals surface area contributed by atoms with E-state index in [1.54, 1.807) is 32.0 Å². The Hall–Kier alpha value is -2.42.